The van der Waals surface area contributed by atoms with Crippen molar-refractivity contribution in [3.8, 4) is 94.7 Å². The first kappa shape index (κ1) is 26.1. The molecule has 0 bridgehead atoms. The van der Waals surface area contributed by atoms with E-state index < -0.39 is 13.6 Å². The van der Waals surface area contributed by atoms with Gasteiger partial charge in [-0.1, -0.05) is 5.92 Å². The van der Waals surface area contributed by atoms with E-state index in [0.717, 1.165) is 0 Å². The van der Waals surface area contributed by atoms with Gasteiger partial charge >= 0.3 is 35.5 Å². The minimum absolute atomic E-state index is 0. The van der Waals surface area contributed by atoms with Crippen molar-refractivity contribution in [1.29, 1.82) is 0 Å². The summed E-state index contributed by atoms with van der Waals surface area (Å²) in [6, 6.07) is 0. The molecular weight excluding hydrogens is 398 g/mol. The van der Waals surface area contributed by atoms with Crippen molar-refractivity contribution >= 4 is 13.6 Å². The second kappa shape index (κ2) is 16.1. The fourth-order valence-electron chi connectivity index (χ4n) is 1.49. The van der Waals surface area contributed by atoms with Crippen molar-refractivity contribution in [2.45, 2.75) is 6.92 Å². The summed E-state index contributed by atoms with van der Waals surface area (Å²) < 4.78 is 20.5. The molecule has 0 N–H and O–H groups in total. The van der Waals surface area contributed by atoms with Crippen LogP contribution in [-0.2, 0) is 18.6 Å². The van der Waals surface area contributed by atoms with E-state index in [1.54, 1.807) is 6.92 Å². The summed E-state index contributed by atoms with van der Waals surface area (Å²) in [5.74, 6) is 37.7. The maximum atomic E-state index is 11.3. The molecule has 1 aliphatic rings. The number of hydrogen-bond donors (Lipinski definition) is 0. The predicted molar refractivity (Wildman–Crippen MR) is 132 cm³/mol. The standard InChI is InChI=1S/C22H11O5P.Na.15H2/c1-2-3-4-5-6-7-8-9-10-11-12-13-14-15-16-17-22(23)26-18-21-19-27-28(24,25)20-21;;;;;;;;;;;;;;;;/h21H,18-20H2,1H3,(H,24,25);;15*1H/q;+1;;;;;;;;;;;;;;;/p-1. The van der Waals surface area contributed by atoms with Gasteiger partial charge in [-0.05, 0) is 89.8 Å². The summed E-state index contributed by atoms with van der Waals surface area (Å²) >= 11 is 0. The van der Waals surface area contributed by atoms with E-state index in [2.05, 4.69) is 99.3 Å². The van der Waals surface area contributed by atoms with Gasteiger partial charge < -0.3 is 18.7 Å². The molecule has 0 aliphatic carbocycles. The third-order valence-electron chi connectivity index (χ3n) is 2.54. The molecule has 29 heavy (non-hydrogen) atoms. The first-order valence-corrected chi connectivity index (χ1v) is 9.30. The monoisotopic (exact) mass is 438 g/mol. The first-order chi connectivity index (χ1) is 13.5. The fraction of sp³-hybridized carbons (Fsp3) is 0.227. The SMILES string of the molecule is CC#CC#CC#CC#CC#CC#CC#CC#CC(=O)OCC1COP(=O)([O-])C1.[HH].[HH].[HH].[HH].[HH].[HH].[HH].[HH].[HH].[HH].[HH].[HH].[HH].[HH].[HH].[Na+]. The molecule has 1 fully saturated rings. The Bertz CT molecular complexity index is 1210. The largest absolute Gasteiger partial charge is 1.00 e. The molecule has 1 aliphatic heterocycles. The number of rotatable bonds is 2. The molecule has 0 spiro atoms. The van der Waals surface area contributed by atoms with E-state index in [1.165, 1.54) is 0 Å². The Morgan fingerprint density at radius 3 is 1.83 bits per heavy atom. The second-order valence-corrected chi connectivity index (χ2v) is 6.52. The van der Waals surface area contributed by atoms with Crippen LogP contribution in [0.1, 0.15) is 28.3 Å². The zero-order valence-corrected chi connectivity index (χ0v) is 18.6. The number of carbonyl (C=O) groups excluding carboxylic acids is 1. The normalized spacial score (nSPS) is 16.7. The Balaban J connectivity index is -0.0000000350. The quantitative estimate of drug-likeness (QED) is 0.206. The van der Waals surface area contributed by atoms with Crippen molar-refractivity contribution in [3.05, 3.63) is 0 Å². The third-order valence-corrected chi connectivity index (χ3v) is 4.05. The number of carbonyl (C=O) groups is 1. The van der Waals surface area contributed by atoms with Crippen LogP contribution in [0.25, 0.3) is 0 Å². The molecule has 5 nitrogen and oxygen atoms in total. The van der Waals surface area contributed by atoms with Gasteiger partial charge in [-0.25, -0.2) is 4.79 Å². The Morgan fingerprint density at radius 2 is 1.41 bits per heavy atom. The van der Waals surface area contributed by atoms with E-state index in [4.69, 9.17) is 4.74 Å². The summed E-state index contributed by atoms with van der Waals surface area (Å²) in [6.07, 6.45) is -0.149. The van der Waals surface area contributed by atoms with Gasteiger partial charge in [0.15, 0.2) is 0 Å². The number of ether oxygens (including phenoxy) is 1. The summed E-state index contributed by atoms with van der Waals surface area (Å²) in [7, 11) is -3.76. The van der Waals surface area contributed by atoms with Gasteiger partial charge in [0.2, 0.25) is 0 Å². The molecule has 2 unspecified atom stereocenters. The van der Waals surface area contributed by atoms with Gasteiger partial charge in [-0.15, -0.1) is 0 Å². The van der Waals surface area contributed by atoms with Crippen LogP contribution < -0.4 is 34.5 Å². The summed E-state index contributed by atoms with van der Waals surface area (Å²) in [4.78, 5) is 22.4. The Kier molecular flexibility index (Phi) is 14.5. The van der Waals surface area contributed by atoms with Crippen LogP contribution in [-0.4, -0.2) is 25.3 Å². The third kappa shape index (κ3) is 14.8. The van der Waals surface area contributed by atoms with Crippen molar-refractivity contribution in [2.75, 3.05) is 19.4 Å². The molecule has 0 aromatic rings. The maximum absolute atomic E-state index is 11.3. The van der Waals surface area contributed by atoms with Crippen molar-refractivity contribution in [3.63, 3.8) is 0 Å². The fourth-order valence-corrected chi connectivity index (χ4v) is 2.88. The minimum Gasteiger partial charge on any atom is -0.778 e. The molecule has 7 heteroatoms. The Labute approximate surface area is 215 Å². The van der Waals surface area contributed by atoms with Crippen LogP contribution in [0.3, 0.4) is 0 Å². The smallest absolute Gasteiger partial charge is 0.778 e. The summed E-state index contributed by atoms with van der Waals surface area (Å²) in [5, 5.41) is 0. The maximum Gasteiger partial charge on any atom is 1.00 e. The van der Waals surface area contributed by atoms with Crippen molar-refractivity contribution < 1.29 is 74.5 Å². The molecule has 0 saturated carbocycles. The molecule has 1 rings (SSSR count). The molecule has 0 amide bonds. The number of hydrogen-bond acceptors (Lipinski definition) is 5. The second-order valence-electron chi connectivity index (χ2n) is 4.68. The van der Waals surface area contributed by atoms with Gasteiger partial charge in [0.05, 0.1) is 13.2 Å². The van der Waals surface area contributed by atoms with Crippen LogP contribution in [0.2, 0.25) is 0 Å². The van der Waals surface area contributed by atoms with Gasteiger partial charge in [0, 0.05) is 39.4 Å². The summed E-state index contributed by atoms with van der Waals surface area (Å²) in [5.41, 5.74) is 0. The van der Waals surface area contributed by atoms with Gasteiger partial charge in [0.25, 0.3) is 0 Å². The topological polar surface area (TPSA) is 75.7 Å². The van der Waals surface area contributed by atoms with E-state index in [0.29, 0.717) is 0 Å². The molecule has 1 saturated heterocycles. The van der Waals surface area contributed by atoms with Crippen LogP contribution in [0.5, 0.6) is 0 Å². The Hall–Kier alpha value is -2.90. The van der Waals surface area contributed by atoms with Gasteiger partial charge in [0.1, 0.15) is 7.60 Å². The molecule has 2 atom stereocenters. The van der Waals surface area contributed by atoms with E-state index in [9.17, 15) is 14.3 Å². The van der Waals surface area contributed by atoms with Crippen LogP contribution in [0.15, 0.2) is 0 Å². The van der Waals surface area contributed by atoms with E-state index >= 15 is 0 Å². The van der Waals surface area contributed by atoms with E-state index in [-0.39, 0.29) is 76.3 Å². The molecule has 0 aromatic heterocycles. The molecule has 0 aromatic carbocycles. The molecule has 164 valence electrons. The average molecular weight is 439 g/mol. The molecular formula is C22H40NaO5P. The zero-order valence-electron chi connectivity index (χ0n) is 15.7. The van der Waals surface area contributed by atoms with Crippen molar-refractivity contribution in [2.24, 2.45) is 5.92 Å². The predicted octanol–water partition coefficient (Wildman–Crippen LogP) is 0.471. The average Bonchev–Trinajstić information content (AvgIpc) is 3.02. The van der Waals surface area contributed by atoms with Crippen molar-refractivity contribution in [1.82, 2.24) is 0 Å². The Morgan fingerprint density at radius 1 is 0.966 bits per heavy atom. The van der Waals surface area contributed by atoms with Crippen LogP contribution >= 0.6 is 7.60 Å². The van der Waals surface area contributed by atoms with Crippen LogP contribution in [0.4, 0.5) is 0 Å². The molecule has 0 radical (unpaired) electrons. The van der Waals surface area contributed by atoms with Gasteiger partial charge in [-0.3, -0.25) is 0 Å². The summed E-state index contributed by atoms with van der Waals surface area (Å²) in [6.45, 7) is 1.61. The van der Waals surface area contributed by atoms with Gasteiger partial charge in [-0.2, -0.15) is 0 Å². The number of esters is 1. The minimum atomic E-state index is -3.76. The zero-order chi connectivity index (χ0) is 20.5. The van der Waals surface area contributed by atoms with Crippen LogP contribution in [0, 0.1) is 101 Å². The first-order valence-electron chi connectivity index (χ1n) is 7.57. The molecule has 1 heterocycles. The van der Waals surface area contributed by atoms with E-state index in [1.807, 2.05) is 0 Å².